The van der Waals surface area contributed by atoms with Gasteiger partial charge in [-0.15, -0.1) is 0 Å². The SMILES string of the molecule is CN=C(NCCCNS(C)(=O)=O)N1CCN(Cc2cc(OC)ccc2OC)CC1. The zero-order chi connectivity index (χ0) is 21.3. The molecule has 1 aliphatic rings. The maximum atomic E-state index is 11.1. The normalized spacial score (nSPS) is 16.0. The summed E-state index contributed by atoms with van der Waals surface area (Å²) in [6.07, 6.45) is 1.86. The Morgan fingerprint density at radius 2 is 1.86 bits per heavy atom. The quantitative estimate of drug-likeness (QED) is 0.333. The first kappa shape index (κ1) is 23.2. The summed E-state index contributed by atoms with van der Waals surface area (Å²) >= 11 is 0. The molecule has 0 amide bonds. The molecule has 1 saturated heterocycles. The lowest BCUT2D eigenvalue weighted by Gasteiger charge is -2.36. The first-order chi connectivity index (χ1) is 13.9. The first-order valence-electron chi connectivity index (χ1n) is 9.69. The highest BCUT2D eigenvalue weighted by atomic mass is 32.2. The van der Waals surface area contributed by atoms with Crippen LogP contribution in [0.4, 0.5) is 0 Å². The van der Waals surface area contributed by atoms with E-state index in [1.54, 1.807) is 21.3 Å². The molecule has 1 heterocycles. The molecule has 1 aromatic carbocycles. The van der Waals surface area contributed by atoms with Crippen molar-refractivity contribution in [2.45, 2.75) is 13.0 Å². The molecule has 10 heteroatoms. The van der Waals surface area contributed by atoms with Crippen LogP contribution in [0, 0.1) is 0 Å². The summed E-state index contributed by atoms with van der Waals surface area (Å²) in [6.45, 7) is 5.45. The maximum absolute atomic E-state index is 11.1. The highest BCUT2D eigenvalue weighted by molar-refractivity contribution is 7.88. The molecule has 2 N–H and O–H groups in total. The molecule has 0 atom stereocenters. The molecule has 1 fully saturated rings. The van der Waals surface area contributed by atoms with Crippen LogP contribution in [0.3, 0.4) is 0 Å². The summed E-state index contributed by atoms with van der Waals surface area (Å²) < 4.78 is 35.5. The minimum Gasteiger partial charge on any atom is -0.497 e. The van der Waals surface area contributed by atoms with Gasteiger partial charge in [-0.2, -0.15) is 0 Å². The van der Waals surface area contributed by atoms with Gasteiger partial charge in [0, 0.05) is 58.4 Å². The van der Waals surface area contributed by atoms with Gasteiger partial charge in [0.1, 0.15) is 11.5 Å². The molecule has 1 aliphatic heterocycles. The van der Waals surface area contributed by atoms with Crippen LogP contribution in [0.5, 0.6) is 11.5 Å². The Morgan fingerprint density at radius 1 is 1.14 bits per heavy atom. The van der Waals surface area contributed by atoms with Gasteiger partial charge in [-0.25, -0.2) is 13.1 Å². The molecular formula is C19H33N5O4S. The van der Waals surface area contributed by atoms with E-state index in [0.29, 0.717) is 19.5 Å². The molecule has 0 bridgehead atoms. The molecule has 0 aliphatic carbocycles. The zero-order valence-electron chi connectivity index (χ0n) is 17.8. The molecule has 9 nitrogen and oxygen atoms in total. The number of sulfonamides is 1. The lowest BCUT2D eigenvalue weighted by Crippen LogP contribution is -2.52. The van der Waals surface area contributed by atoms with Gasteiger partial charge in [-0.1, -0.05) is 0 Å². The van der Waals surface area contributed by atoms with E-state index in [1.807, 2.05) is 18.2 Å². The summed E-state index contributed by atoms with van der Waals surface area (Å²) in [4.78, 5) is 8.97. The van der Waals surface area contributed by atoms with Crippen molar-refractivity contribution in [2.24, 2.45) is 4.99 Å². The first-order valence-corrected chi connectivity index (χ1v) is 11.6. The second kappa shape index (κ2) is 11.2. The molecule has 164 valence electrons. The number of ether oxygens (including phenoxy) is 2. The lowest BCUT2D eigenvalue weighted by molar-refractivity contribution is 0.171. The van der Waals surface area contributed by atoms with E-state index < -0.39 is 10.0 Å². The van der Waals surface area contributed by atoms with Crippen LogP contribution >= 0.6 is 0 Å². The lowest BCUT2D eigenvalue weighted by atomic mass is 10.1. The highest BCUT2D eigenvalue weighted by Crippen LogP contribution is 2.25. The van der Waals surface area contributed by atoms with Gasteiger partial charge in [0.05, 0.1) is 20.5 Å². The largest absolute Gasteiger partial charge is 0.497 e. The second-order valence-corrected chi connectivity index (χ2v) is 8.77. The van der Waals surface area contributed by atoms with Gasteiger partial charge in [0.2, 0.25) is 10.0 Å². The Bertz CT molecular complexity index is 777. The molecule has 1 aromatic rings. The predicted octanol–water partition coefficient (Wildman–Crippen LogP) is 0.336. The third kappa shape index (κ3) is 7.71. The van der Waals surface area contributed by atoms with Crippen LogP contribution < -0.4 is 19.5 Å². The van der Waals surface area contributed by atoms with Crippen LogP contribution in [-0.4, -0.2) is 91.0 Å². The molecule has 0 unspecified atom stereocenters. The van der Waals surface area contributed by atoms with E-state index >= 15 is 0 Å². The summed E-state index contributed by atoms with van der Waals surface area (Å²) in [7, 11) is 1.99. The van der Waals surface area contributed by atoms with E-state index in [-0.39, 0.29) is 0 Å². The molecule has 0 spiro atoms. The monoisotopic (exact) mass is 427 g/mol. The smallest absolute Gasteiger partial charge is 0.208 e. The van der Waals surface area contributed by atoms with Gasteiger partial charge >= 0.3 is 0 Å². The fourth-order valence-corrected chi connectivity index (χ4v) is 3.76. The number of piperazine rings is 1. The standard InChI is InChI=1S/C19H33N5O4S/c1-20-19(21-8-5-9-22-29(4,25)26)24-12-10-23(11-13-24)15-16-14-17(27-2)6-7-18(16)28-3/h6-7,14,22H,5,8-13,15H2,1-4H3,(H,20,21). The van der Waals surface area contributed by atoms with Gasteiger partial charge < -0.3 is 19.7 Å². The van der Waals surface area contributed by atoms with Crippen LogP contribution in [-0.2, 0) is 16.6 Å². The Hall–Kier alpha value is -2.04. The third-order valence-corrected chi connectivity index (χ3v) is 5.49. The minimum atomic E-state index is -3.13. The van der Waals surface area contributed by atoms with Crippen molar-refractivity contribution in [1.29, 1.82) is 0 Å². The molecule has 0 saturated carbocycles. The Labute approximate surface area is 174 Å². The number of hydrogen-bond donors (Lipinski definition) is 2. The van der Waals surface area contributed by atoms with Gasteiger partial charge in [-0.05, 0) is 24.6 Å². The number of rotatable bonds is 9. The number of guanidine groups is 1. The minimum absolute atomic E-state index is 0.416. The zero-order valence-corrected chi connectivity index (χ0v) is 18.6. The van der Waals surface area contributed by atoms with Crippen molar-refractivity contribution in [3.8, 4) is 11.5 Å². The van der Waals surface area contributed by atoms with E-state index in [0.717, 1.165) is 55.7 Å². The topological polar surface area (TPSA) is 95.5 Å². The number of methoxy groups -OCH3 is 2. The average molecular weight is 428 g/mol. The van der Waals surface area contributed by atoms with E-state index in [1.165, 1.54) is 6.26 Å². The van der Waals surface area contributed by atoms with Crippen molar-refractivity contribution >= 4 is 16.0 Å². The second-order valence-electron chi connectivity index (χ2n) is 6.94. The van der Waals surface area contributed by atoms with Crippen molar-refractivity contribution in [2.75, 3.05) is 66.8 Å². The van der Waals surface area contributed by atoms with Crippen molar-refractivity contribution in [3.05, 3.63) is 23.8 Å². The Morgan fingerprint density at radius 3 is 2.45 bits per heavy atom. The maximum Gasteiger partial charge on any atom is 0.208 e. The molecule has 0 aromatic heterocycles. The van der Waals surface area contributed by atoms with Gasteiger partial charge in [0.25, 0.3) is 0 Å². The summed E-state index contributed by atoms with van der Waals surface area (Å²) in [6, 6.07) is 5.87. The summed E-state index contributed by atoms with van der Waals surface area (Å²) in [5.74, 6) is 2.55. The van der Waals surface area contributed by atoms with Gasteiger partial charge in [0.15, 0.2) is 5.96 Å². The van der Waals surface area contributed by atoms with Crippen molar-refractivity contribution in [1.82, 2.24) is 19.8 Å². The molecule has 0 radical (unpaired) electrons. The third-order valence-electron chi connectivity index (χ3n) is 4.77. The Kier molecular flexibility index (Phi) is 8.99. The van der Waals surface area contributed by atoms with Crippen molar-refractivity contribution < 1.29 is 17.9 Å². The molecule has 29 heavy (non-hydrogen) atoms. The highest BCUT2D eigenvalue weighted by Gasteiger charge is 2.20. The average Bonchev–Trinajstić information content (AvgIpc) is 2.70. The number of nitrogens with one attached hydrogen (secondary N) is 2. The number of nitrogens with zero attached hydrogens (tertiary/aromatic N) is 3. The van der Waals surface area contributed by atoms with E-state index in [2.05, 4.69) is 24.8 Å². The van der Waals surface area contributed by atoms with E-state index in [9.17, 15) is 8.42 Å². The fraction of sp³-hybridized carbons (Fsp3) is 0.632. The molecular weight excluding hydrogens is 394 g/mol. The number of hydrogen-bond acceptors (Lipinski definition) is 6. The predicted molar refractivity (Wildman–Crippen MR) is 115 cm³/mol. The summed E-state index contributed by atoms with van der Waals surface area (Å²) in [5.41, 5.74) is 1.11. The summed E-state index contributed by atoms with van der Waals surface area (Å²) in [5, 5.41) is 3.31. The van der Waals surface area contributed by atoms with Crippen molar-refractivity contribution in [3.63, 3.8) is 0 Å². The van der Waals surface area contributed by atoms with Crippen LogP contribution in [0.1, 0.15) is 12.0 Å². The van der Waals surface area contributed by atoms with Crippen LogP contribution in [0.2, 0.25) is 0 Å². The number of benzene rings is 1. The van der Waals surface area contributed by atoms with Crippen LogP contribution in [0.25, 0.3) is 0 Å². The van der Waals surface area contributed by atoms with Gasteiger partial charge in [-0.3, -0.25) is 9.89 Å². The number of aliphatic imine (C=N–C) groups is 1. The fourth-order valence-electron chi connectivity index (χ4n) is 3.24. The van der Waals surface area contributed by atoms with Crippen LogP contribution in [0.15, 0.2) is 23.2 Å². The molecule has 2 rings (SSSR count). The Balaban J connectivity index is 1.80. The van der Waals surface area contributed by atoms with E-state index in [4.69, 9.17) is 9.47 Å².